The maximum atomic E-state index is 6.02. The molecule has 2 atom stereocenters. The van der Waals surface area contributed by atoms with Gasteiger partial charge in [0.1, 0.15) is 0 Å². The summed E-state index contributed by atoms with van der Waals surface area (Å²) in [6.45, 7) is 13.0. The van der Waals surface area contributed by atoms with E-state index in [1.165, 1.54) is 19.3 Å². The summed E-state index contributed by atoms with van der Waals surface area (Å²) in [5, 5.41) is 3.76. The molecule has 2 unspecified atom stereocenters. The van der Waals surface area contributed by atoms with E-state index in [4.69, 9.17) is 9.47 Å². The fourth-order valence-electron chi connectivity index (χ4n) is 3.08. The fourth-order valence-corrected chi connectivity index (χ4v) is 3.08. The Bertz CT molecular complexity index is 272. The molecule has 0 aromatic heterocycles. The van der Waals surface area contributed by atoms with Crippen molar-refractivity contribution in [1.82, 2.24) is 5.32 Å². The first-order valence-corrected chi connectivity index (χ1v) is 7.93. The van der Waals surface area contributed by atoms with Crippen molar-refractivity contribution in [2.75, 3.05) is 26.4 Å². The summed E-state index contributed by atoms with van der Waals surface area (Å²) in [7, 11) is 0. The highest BCUT2D eigenvalue weighted by Crippen LogP contribution is 2.43. The molecule has 1 saturated heterocycles. The van der Waals surface area contributed by atoms with Crippen molar-refractivity contribution in [1.29, 1.82) is 0 Å². The van der Waals surface area contributed by atoms with Gasteiger partial charge in [-0.1, -0.05) is 27.7 Å². The van der Waals surface area contributed by atoms with Crippen LogP contribution in [0.5, 0.6) is 0 Å². The number of hydrogen-bond acceptors (Lipinski definition) is 3. The van der Waals surface area contributed by atoms with E-state index in [0.717, 1.165) is 32.3 Å². The Morgan fingerprint density at radius 1 is 1.26 bits per heavy atom. The van der Waals surface area contributed by atoms with Crippen molar-refractivity contribution >= 4 is 0 Å². The minimum absolute atomic E-state index is 0.278. The van der Waals surface area contributed by atoms with Gasteiger partial charge < -0.3 is 14.8 Å². The van der Waals surface area contributed by atoms with Gasteiger partial charge >= 0.3 is 0 Å². The molecule has 0 spiro atoms. The van der Waals surface area contributed by atoms with Gasteiger partial charge in [0.25, 0.3) is 0 Å². The van der Waals surface area contributed by atoms with Crippen LogP contribution in [0.25, 0.3) is 0 Å². The third-order valence-corrected chi connectivity index (χ3v) is 4.80. The first-order chi connectivity index (χ1) is 9.00. The second-order valence-corrected chi connectivity index (χ2v) is 7.29. The van der Waals surface area contributed by atoms with E-state index >= 15 is 0 Å². The monoisotopic (exact) mass is 269 g/mol. The molecule has 1 aliphatic heterocycles. The number of hydrogen-bond donors (Lipinski definition) is 1. The lowest BCUT2D eigenvalue weighted by molar-refractivity contribution is -0.124. The van der Waals surface area contributed by atoms with Crippen LogP contribution in [0, 0.1) is 17.3 Å². The Labute approximate surface area is 118 Å². The topological polar surface area (TPSA) is 30.5 Å². The molecule has 1 heterocycles. The van der Waals surface area contributed by atoms with Crippen LogP contribution in [0.3, 0.4) is 0 Å². The van der Waals surface area contributed by atoms with Gasteiger partial charge in [0, 0.05) is 31.3 Å². The van der Waals surface area contributed by atoms with Gasteiger partial charge in [-0.3, -0.25) is 0 Å². The summed E-state index contributed by atoms with van der Waals surface area (Å²) in [6, 6.07) is 0.618. The lowest BCUT2D eigenvalue weighted by Gasteiger charge is -2.52. The predicted octanol–water partition coefficient (Wildman–Crippen LogP) is 2.84. The van der Waals surface area contributed by atoms with Crippen molar-refractivity contribution in [3.8, 4) is 0 Å². The molecule has 1 N–H and O–H groups in total. The van der Waals surface area contributed by atoms with E-state index < -0.39 is 0 Å². The van der Waals surface area contributed by atoms with Gasteiger partial charge in [-0.2, -0.15) is 0 Å². The largest absolute Gasteiger partial charge is 0.381 e. The predicted molar refractivity (Wildman–Crippen MR) is 78.3 cm³/mol. The van der Waals surface area contributed by atoms with Gasteiger partial charge in [-0.25, -0.2) is 0 Å². The standard InChI is InChI=1S/C16H31NO2/c1-12(2)11-19-15-9-14(16(15,3)4)17-10-13-5-7-18-8-6-13/h12-15,17H,5-11H2,1-4H3. The van der Waals surface area contributed by atoms with E-state index in [0.29, 0.717) is 18.1 Å². The second kappa shape index (κ2) is 6.55. The minimum Gasteiger partial charge on any atom is -0.381 e. The summed E-state index contributed by atoms with van der Waals surface area (Å²) in [4.78, 5) is 0. The molecule has 3 nitrogen and oxygen atoms in total. The molecule has 1 saturated carbocycles. The molecule has 2 fully saturated rings. The van der Waals surface area contributed by atoms with Gasteiger partial charge in [0.2, 0.25) is 0 Å². The van der Waals surface area contributed by atoms with Crippen LogP contribution in [0.15, 0.2) is 0 Å². The zero-order chi connectivity index (χ0) is 13.9. The van der Waals surface area contributed by atoms with Crippen LogP contribution in [-0.2, 0) is 9.47 Å². The molecule has 0 aromatic rings. The molecule has 3 heteroatoms. The SMILES string of the molecule is CC(C)COC1CC(NCC2CCOCC2)C1(C)C. The maximum absolute atomic E-state index is 6.02. The Morgan fingerprint density at radius 3 is 2.53 bits per heavy atom. The zero-order valence-corrected chi connectivity index (χ0v) is 13.1. The normalized spacial score (nSPS) is 31.4. The molecule has 2 rings (SSSR count). The van der Waals surface area contributed by atoms with Crippen molar-refractivity contribution in [2.24, 2.45) is 17.3 Å². The van der Waals surface area contributed by atoms with Gasteiger partial charge in [0.05, 0.1) is 6.10 Å². The molecular weight excluding hydrogens is 238 g/mol. The van der Waals surface area contributed by atoms with Crippen LogP contribution in [-0.4, -0.2) is 38.5 Å². The van der Waals surface area contributed by atoms with Crippen molar-refractivity contribution in [3.63, 3.8) is 0 Å². The van der Waals surface area contributed by atoms with Crippen molar-refractivity contribution in [2.45, 2.75) is 59.1 Å². The highest BCUT2D eigenvalue weighted by Gasteiger charge is 2.48. The van der Waals surface area contributed by atoms with Crippen LogP contribution in [0.1, 0.15) is 47.0 Å². The van der Waals surface area contributed by atoms with Gasteiger partial charge in [-0.05, 0) is 37.6 Å². The Kier molecular flexibility index (Phi) is 5.27. The molecule has 19 heavy (non-hydrogen) atoms. The Morgan fingerprint density at radius 2 is 1.95 bits per heavy atom. The summed E-state index contributed by atoms with van der Waals surface area (Å²) in [5.74, 6) is 1.44. The second-order valence-electron chi connectivity index (χ2n) is 7.29. The number of rotatable bonds is 6. The summed E-state index contributed by atoms with van der Waals surface area (Å²) < 4.78 is 11.4. The van der Waals surface area contributed by atoms with E-state index in [2.05, 4.69) is 33.0 Å². The minimum atomic E-state index is 0.278. The van der Waals surface area contributed by atoms with Crippen molar-refractivity contribution < 1.29 is 9.47 Å². The average Bonchev–Trinajstić information content (AvgIpc) is 2.37. The lowest BCUT2D eigenvalue weighted by atomic mass is 9.64. The molecule has 1 aliphatic carbocycles. The zero-order valence-electron chi connectivity index (χ0n) is 13.1. The van der Waals surface area contributed by atoms with E-state index in [1.807, 2.05) is 0 Å². The van der Waals surface area contributed by atoms with Crippen LogP contribution >= 0.6 is 0 Å². The molecule has 0 aromatic carbocycles. The van der Waals surface area contributed by atoms with E-state index in [9.17, 15) is 0 Å². The molecule has 0 amide bonds. The molecule has 0 bridgehead atoms. The maximum Gasteiger partial charge on any atom is 0.0656 e. The number of nitrogens with one attached hydrogen (secondary N) is 1. The molecular formula is C16H31NO2. The summed E-state index contributed by atoms with van der Waals surface area (Å²) in [6.07, 6.45) is 4.03. The first-order valence-electron chi connectivity index (χ1n) is 7.93. The van der Waals surface area contributed by atoms with Crippen LogP contribution in [0.2, 0.25) is 0 Å². The summed E-state index contributed by atoms with van der Waals surface area (Å²) >= 11 is 0. The third-order valence-electron chi connectivity index (χ3n) is 4.80. The van der Waals surface area contributed by atoms with Crippen molar-refractivity contribution in [3.05, 3.63) is 0 Å². The molecule has 112 valence electrons. The molecule has 2 aliphatic rings. The smallest absolute Gasteiger partial charge is 0.0656 e. The summed E-state index contributed by atoms with van der Waals surface area (Å²) in [5.41, 5.74) is 0.278. The van der Waals surface area contributed by atoms with Gasteiger partial charge in [-0.15, -0.1) is 0 Å². The van der Waals surface area contributed by atoms with Crippen LogP contribution < -0.4 is 5.32 Å². The lowest BCUT2D eigenvalue weighted by Crippen LogP contribution is -2.61. The Hall–Kier alpha value is -0.120. The van der Waals surface area contributed by atoms with Crippen LogP contribution in [0.4, 0.5) is 0 Å². The third kappa shape index (κ3) is 3.93. The fraction of sp³-hybridized carbons (Fsp3) is 1.00. The van der Waals surface area contributed by atoms with E-state index in [-0.39, 0.29) is 5.41 Å². The quantitative estimate of drug-likeness (QED) is 0.804. The highest BCUT2D eigenvalue weighted by molar-refractivity contribution is 5.03. The first kappa shape index (κ1) is 15.3. The van der Waals surface area contributed by atoms with E-state index in [1.54, 1.807) is 0 Å². The highest BCUT2D eigenvalue weighted by atomic mass is 16.5. The molecule has 0 radical (unpaired) electrons. The Balaban J connectivity index is 1.68. The average molecular weight is 269 g/mol. The number of ether oxygens (including phenoxy) is 2. The van der Waals surface area contributed by atoms with Gasteiger partial charge in [0.15, 0.2) is 0 Å².